The minimum Gasteiger partial charge on any atom is -0.426 e. The van der Waals surface area contributed by atoms with E-state index in [-0.39, 0.29) is 5.97 Å². The molecular weight excluding hydrogens is 318 g/mol. The van der Waals surface area contributed by atoms with E-state index in [9.17, 15) is 4.79 Å². The van der Waals surface area contributed by atoms with Crippen molar-refractivity contribution in [2.24, 2.45) is 0 Å². The highest BCUT2D eigenvalue weighted by molar-refractivity contribution is 7.09. The van der Waals surface area contributed by atoms with E-state index in [1.807, 2.05) is 23.5 Å². The third-order valence-corrected chi connectivity index (χ3v) is 5.49. The normalized spacial score (nSPS) is 16.9. The van der Waals surface area contributed by atoms with Crippen LogP contribution in [-0.4, -0.2) is 23.5 Å². The zero-order valence-corrected chi connectivity index (χ0v) is 15.3. The maximum atomic E-state index is 11.3. The van der Waals surface area contributed by atoms with E-state index in [4.69, 9.17) is 4.74 Å². The predicted octanol–water partition coefficient (Wildman–Crippen LogP) is 4.44. The molecule has 3 rings (SSSR count). The average Bonchev–Trinajstić information content (AvgIpc) is 3.07. The van der Waals surface area contributed by atoms with Crippen LogP contribution >= 0.6 is 11.3 Å². The largest absolute Gasteiger partial charge is 0.426 e. The highest BCUT2D eigenvalue weighted by Crippen LogP contribution is 2.32. The molecule has 1 aromatic carbocycles. The first-order valence-electron chi connectivity index (χ1n) is 8.73. The van der Waals surface area contributed by atoms with E-state index >= 15 is 0 Å². The minimum absolute atomic E-state index is 0.240. The minimum atomic E-state index is -0.240. The summed E-state index contributed by atoms with van der Waals surface area (Å²) >= 11 is 1.84. The zero-order valence-electron chi connectivity index (χ0n) is 14.5. The van der Waals surface area contributed by atoms with E-state index in [1.165, 1.54) is 29.3 Å². The number of rotatable bonds is 6. The van der Waals surface area contributed by atoms with Crippen molar-refractivity contribution < 1.29 is 9.53 Å². The summed E-state index contributed by atoms with van der Waals surface area (Å²) in [4.78, 5) is 15.4. The van der Waals surface area contributed by atoms with Gasteiger partial charge in [0.1, 0.15) is 5.75 Å². The molecule has 1 atom stereocenters. The van der Waals surface area contributed by atoms with Crippen molar-refractivity contribution in [3.05, 3.63) is 51.7 Å². The summed E-state index contributed by atoms with van der Waals surface area (Å²) in [6.07, 6.45) is 4.31. The van der Waals surface area contributed by atoms with Crippen LogP contribution in [0, 0.1) is 0 Å². The van der Waals surface area contributed by atoms with Gasteiger partial charge in [-0.05, 0) is 60.9 Å². The monoisotopic (exact) mass is 343 g/mol. The van der Waals surface area contributed by atoms with Gasteiger partial charge in [0.2, 0.25) is 0 Å². The fourth-order valence-electron chi connectivity index (χ4n) is 3.60. The maximum absolute atomic E-state index is 11.3. The molecule has 0 radical (unpaired) electrons. The molecule has 128 valence electrons. The number of nitrogens with zero attached hydrogens (tertiary/aromatic N) is 1. The Morgan fingerprint density at radius 1 is 1.33 bits per heavy atom. The van der Waals surface area contributed by atoms with Gasteiger partial charge < -0.3 is 4.74 Å². The molecule has 1 unspecified atom stereocenters. The lowest BCUT2D eigenvalue weighted by molar-refractivity contribution is -0.131. The van der Waals surface area contributed by atoms with Crippen LogP contribution in [0.15, 0.2) is 35.7 Å². The molecule has 0 bridgehead atoms. The second-order valence-electron chi connectivity index (χ2n) is 6.43. The number of carbonyl (C=O) groups excluding carboxylic acids is 1. The fraction of sp³-hybridized carbons (Fsp3) is 0.450. The molecule has 4 heteroatoms. The molecule has 0 N–H and O–H groups in total. The van der Waals surface area contributed by atoms with E-state index in [0.29, 0.717) is 6.04 Å². The number of fused-ring (bicyclic) bond motifs is 1. The summed E-state index contributed by atoms with van der Waals surface area (Å²) in [6, 6.07) is 11.0. The molecule has 3 nitrogen and oxygen atoms in total. The standard InChI is InChI=1S/C20H25NO2S/c1-3-11-21(14-18-7-5-12-24-18)17-9-10-19-16(13-17)6-4-8-20(19)23-15(2)22/h4-8,12,17H,3,9-11,13-14H2,1-2H3. The van der Waals surface area contributed by atoms with Crippen molar-refractivity contribution in [2.45, 2.75) is 52.1 Å². The van der Waals surface area contributed by atoms with Crippen LogP contribution in [0.2, 0.25) is 0 Å². The predicted molar refractivity (Wildman–Crippen MR) is 98.6 cm³/mol. The molecule has 0 aliphatic heterocycles. The van der Waals surface area contributed by atoms with Crippen LogP contribution in [0.25, 0.3) is 0 Å². The molecule has 1 aliphatic rings. The van der Waals surface area contributed by atoms with Crippen LogP contribution < -0.4 is 4.74 Å². The van der Waals surface area contributed by atoms with Crippen molar-refractivity contribution in [1.29, 1.82) is 0 Å². The number of hydrogen-bond acceptors (Lipinski definition) is 4. The van der Waals surface area contributed by atoms with Gasteiger partial charge in [0.25, 0.3) is 0 Å². The first kappa shape index (κ1) is 17.2. The Labute approximate surface area is 148 Å². The second-order valence-corrected chi connectivity index (χ2v) is 7.47. The van der Waals surface area contributed by atoms with Crippen LogP contribution in [0.3, 0.4) is 0 Å². The Morgan fingerprint density at radius 2 is 2.21 bits per heavy atom. The van der Waals surface area contributed by atoms with E-state index in [2.05, 4.69) is 35.4 Å². The van der Waals surface area contributed by atoms with Crippen molar-refractivity contribution in [2.75, 3.05) is 6.54 Å². The maximum Gasteiger partial charge on any atom is 0.308 e. The number of hydrogen-bond donors (Lipinski definition) is 0. The van der Waals surface area contributed by atoms with Crippen molar-refractivity contribution in [3.8, 4) is 5.75 Å². The number of esters is 1. The number of benzene rings is 1. The molecule has 24 heavy (non-hydrogen) atoms. The average molecular weight is 343 g/mol. The Hall–Kier alpha value is -1.65. The highest BCUT2D eigenvalue weighted by Gasteiger charge is 2.26. The van der Waals surface area contributed by atoms with Gasteiger partial charge in [-0.2, -0.15) is 0 Å². The Kier molecular flexibility index (Phi) is 5.69. The van der Waals surface area contributed by atoms with Crippen LogP contribution in [0.4, 0.5) is 0 Å². The summed E-state index contributed by atoms with van der Waals surface area (Å²) < 4.78 is 5.39. The molecule has 0 amide bonds. The SMILES string of the molecule is CCCN(Cc1cccs1)C1CCc2c(cccc2OC(C)=O)C1. The van der Waals surface area contributed by atoms with Crippen molar-refractivity contribution in [3.63, 3.8) is 0 Å². The Morgan fingerprint density at radius 3 is 2.92 bits per heavy atom. The molecule has 1 aromatic heterocycles. The topological polar surface area (TPSA) is 29.5 Å². The van der Waals surface area contributed by atoms with Gasteiger partial charge in [0.05, 0.1) is 0 Å². The summed E-state index contributed by atoms with van der Waals surface area (Å²) in [5.41, 5.74) is 2.55. The van der Waals surface area contributed by atoms with E-state index in [0.717, 1.165) is 38.1 Å². The lowest BCUT2D eigenvalue weighted by Crippen LogP contribution is -2.39. The van der Waals surface area contributed by atoms with Crippen LogP contribution in [-0.2, 0) is 24.2 Å². The first-order valence-corrected chi connectivity index (χ1v) is 9.61. The van der Waals surface area contributed by atoms with Gasteiger partial charge in [-0.1, -0.05) is 25.1 Å². The number of ether oxygens (including phenoxy) is 1. The molecular formula is C20H25NO2S. The van der Waals surface area contributed by atoms with E-state index < -0.39 is 0 Å². The quantitative estimate of drug-likeness (QED) is 0.573. The number of thiophene rings is 1. The summed E-state index contributed by atoms with van der Waals surface area (Å²) in [6.45, 7) is 5.88. The molecule has 1 heterocycles. The second kappa shape index (κ2) is 7.95. The summed E-state index contributed by atoms with van der Waals surface area (Å²) in [5.74, 6) is 0.509. The van der Waals surface area contributed by atoms with Gasteiger partial charge in [0, 0.05) is 24.4 Å². The molecule has 2 aromatic rings. The van der Waals surface area contributed by atoms with Gasteiger partial charge in [-0.25, -0.2) is 0 Å². The lowest BCUT2D eigenvalue weighted by atomic mass is 9.86. The molecule has 0 fully saturated rings. The number of carbonyl (C=O) groups is 1. The van der Waals surface area contributed by atoms with Crippen LogP contribution in [0.1, 0.15) is 42.7 Å². The summed E-state index contributed by atoms with van der Waals surface area (Å²) in [5, 5.41) is 2.15. The van der Waals surface area contributed by atoms with E-state index in [1.54, 1.807) is 0 Å². The van der Waals surface area contributed by atoms with Gasteiger partial charge in [0.15, 0.2) is 0 Å². The zero-order chi connectivity index (χ0) is 16.9. The Balaban J connectivity index is 1.76. The van der Waals surface area contributed by atoms with Crippen molar-refractivity contribution in [1.82, 2.24) is 4.90 Å². The third-order valence-electron chi connectivity index (χ3n) is 4.63. The Bertz CT molecular complexity index is 681. The highest BCUT2D eigenvalue weighted by atomic mass is 32.1. The fourth-order valence-corrected chi connectivity index (χ4v) is 4.33. The molecule has 0 saturated carbocycles. The molecule has 1 aliphatic carbocycles. The third kappa shape index (κ3) is 4.05. The van der Waals surface area contributed by atoms with Gasteiger partial charge in [-0.3, -0.25) is 9.69 Å². The van der Waals surface area contributed by atoms with Crippen molar-refractivity contribution >= 4 is 17.3 Å². The smallest absolute Gasteiger partial charge is 0.308 e. The summed E-state index contributed by atoms with van der Waals surface area (Å²) in [7, 11) is 0. The first-order chi connectivity index (χ1) is 11.7. The molecule has 0 saturated heterocycles. The lowest BCUT2D eigenvalue weighted by Gasteiger charge is -2.35. The van der Waals surface area contributed by atoms with Gasteiger partial charge >= 0.3 is 5.97 Å². The van der Waals surface area contributed by atoms with Crippen LogP contribution in [0.5, 0.6) is 5.75 Å². The molecule has 0 spiro atoms. The van der Waals surface area contributed by atoms with Gasteiger partial charge in [-0.15, -0.1) is 11.3 Å².